The Bertz CT molecular complexity index is 515. The van der Waals surface area contributed by atoms with Gasteiger partial charge in [-0.2, -0.15) is 0 Å². The third-order valence-electron chi connectivity index (χ3n) is 3.77. The van der Waals surface area contributed by atoms with Gasteiger partial charge in [0.2, 0.25) is 0 Å². The molecule has 0 radical (unpaired) electrons. The first-order valence-electron chi connectivity index (χ1n) is 6.74. The highest BCUT2D eigenvalue weighted by Crippen LogP contribution is 2.39. The van der Waals surface area contributed by atoms with E-state index in [0.29, 0.717) is 0 Å². The van der Waals surface area contributed by atoms with Crippen molar-refractivity contribution in [2.75, 3.05) is 11.9 Å². The van der Waals surface area contributed by atoms with E-state index in [1.165, 1.54) is 0 Å². The molecule has 0 heterocycles. The van der Waals surface area contributed by atoms with Crippen LogP contribution in [0.2, 0.25) is 0 Å². The number of nitrogens with zero attached hydrogens (tertiary/aromatic N) is 1. The molecule has 2 rings (SSSR count). The molecular weight excluding hydrogens is 234 g/mol. The highest BCUT2D eigenvalue weighted by atomic mass is 16.1. The number of rotatable bonds is 3. The number of Topliss-reactive ketones (excluding diaryl/α,β-unsaturated/α-hetero) is 1. The summed E-state index contributed by atoms with van der Waals surface area (Å²) in [7, 11) is 1.99. The molecule has 1 aromatic carbocycles. The van der Waals surface area contributed by atoms with Crippen molar-refractivity contribution in [2.45, 2.75) is 26.7 Å². The van der Waals surface area contributed by atoms with E-state index in [2.05, 4.69) is 0 Å². The van der Waals surface area contributed by atoms with Gasteiger partial charge >= 0.3 is 0 Å². The van der Waals surface area contributed by atoms with Crippen molar-refractivity contribution in [3.05, 3.63) is 54.3 Å². The van der Waals surface area contributed by atoms with Gasteiger partial charge in [-0.05, 0) is 38.8 Å². The summed E-state index contributed by atoms with van der Waals surface area (Å²) in [6.07, 6.45) is 7.74. The highest BCUT2D eigenvalue weighted by molar-refractivity contribution is 6.03. The molecule has 1 aliphatic rings. The van der Waals surface area contributed by atoms with Crippen LogP contribution in [0.4, 0.5) is 5.69 Å². The molecule has 1 saturated carbocycles. The minimum Gasteiger partial charge on any atom is -0.351 e. The van der Waals surface area contributed by atoms with Crippen LogP contribution < -0.4 is 4.90 Å². The Morgan fingerprint density at radius 1 is 1.26 bits per heavy atom. The van der Waals surface area contributed by atoms with Gasteiger partial charge in [0, 0.05) is 29.9 Å². The van der Waals surface area contributed by atoms with Gasteiger partial charge in [-0.25, -0.2) is 0 Å². The van der Waals surface area contributed by atoms with E-state index in [-0.39, 0.29) is 11.2 Å². The number of carbonyl (C=O) groups is 1. The van der Waals surface area contributed by atoms with E-state index in [9.17, 15) is 4.79 Å². The van der Waals surface area contributed by atoms with Crippen LogP contribution in [0, 0.1) is 5.41 Å². The fourth-order valence-corrected chi connectivity index (χ4v) is 2.61. The maximum absolute atomic E-state index is 12.4. The standard InChI is InChI=1S/C17H21NO/c1-4-11-17(2)12-10-14(16(17)19)13-18(3)15-8-6-5-7-9-15/h4-9,11,13H,10,12H2,1-3H3/b11-4-,14-13-. The summed E-state index contributed by atoms with van der Waals surface area (Å²) in [5.41, 5.74) is 1.72. The lowest BCUT2D eigenvalue weighted by Gasteiger charge is -2.17. The van der Waals surface area contributed by atoms with Crippen molar-refractivity contribution in [1.29, 1.82) is 0 Å². The van der Waals surface area contributed by atoms with Crippen LogP contribution in [-0.2, 0) is 4.79 Å². The molecule has 0 bridgehead atoms. The first kappa shape index (κ1) is 13.6. The minimum absolute atomic E-state index is 0.258. The fraction of sp³-hybridized carbons (Fsp3) is 0.353. The van der Waals surface area contributed by atoms with Gasteiger partial charge in [0.25, 0.3) is 0 Å². The van der Waals surface area contributed by atoms with Crippen molar-refractivity contribution >= 4 is 11.5 Å². The van der Waals surface area contributed by atoms with Crippen LogP contribution in [0.15, 0.2) is 54.3 Å². The number of ketones is 1. The molecule has 0 amide bonds. The second-order valence-electron chi connectivity index (χ2n) is 5.35. The molecule has 1 aliphatic carbocycles. The Kier molecular flexibility index (Phi) is 3.89. The lowest BCUT2D eigenvalue weighted by molar-refractivity contribution is -0.120. The number of anilines is 1. The number of benzene rings is 1. The Balaban J connectivity index is 2.20. The fourth-order valence-electron chi connectivity index (χ4n) is 2.61. The molecule has 1 atom stereocenters. The molecule has 2 heteroatoms. The maximum Gasteiger partial charge on any atom is 0.169 e. The molecule has 0 saturated heterocycles. The zero-order valence-electron chi connectivity index (χ0n) is 11.9. The average Bonchev–Trinajstić information content (AvgIpc) is 2.69. The summed E-state index contributed by atoms with van der Waals surface area (Å²) in [6, 6.07) is 10.1. The number of hydrogen-bond donors (Lipinski definition) is 0. The largest absolute Gasteiger partial charge is 0.351 e. The molecule has 0 spiro atoms. The minimum atomic E-state index is -0.307. The van der Waals surface area contributed by atoms with Crippen LogP contribution in [0.25, 0.3) is 0 Å². The Labute approximate surface area is 115 Å². The summed E-state index contributed by atoms with van der Waals surface area (Å²) in [4.78, 5) is 14.5. The summed E-state index contributed by atoms with van der Waals surface area (Å²) in [6.45, 7) is 4.00. The van der Waals surface area contributed by atoms with Gasteiger partial charge in [-0.1, -0.05) is 30.4 Å². The third-order valence-corrected chi connectivity index (χ3v) is 3.77. The highest BCUT2D eigenvalue weighted by Gasteiger charge is 2.38. The lowest BCUT2D eigenvalue weighted by Crippen LogP contribution is -2.20. The van der Waals surface area contributed by atoms with Crippen LogP contribution in [0.3, 0.4) is 0 Å². The predicted octanol–water partition coefficient (Wildman–Crippen LogP) is 3.95. The Hall–Kier alpha value is -1.83. The average molecular weight is 255 g/mol. The summed E-state index contributed by atoms with van der Waals surface area (Å²) < 4.78 is 0. The number of allylic oxidation sites excluding steroid dienone is 3. The van der Waals surface area contributed by atoms with E-state index < -0.39 is 0 Å². The van der Waals surface area contributed by atoms with E-state index >= 15 is 0 Å². The first-order valence-corrected chi connectivity index (χ1v) is 6.74. The molecule has 1 unspecified atom stereocenters. The Morgan fingerprint density at radius 3 is 2.58 bits per heavy atom. The van der Waals surface area contributed by atoms with Crippen molar-refractivity contribution in [3.63, 3.8) is 0 Å². The molecule has 2 nitrogen and oxygen atoms in total. The van der Waals surface area contributed by atoms with Gasteiger partial charge in [0.15, 0.2) is 5.78 Å². The van der Waals surface area contributed by atoms with Crippen LogP contribution in [0.1, 0.15) is 26.7 Å². The monoisotopic (exact) mass is 255 g/mol. The third kappa shape index (κ3) is 2.78. The first-order chi connectivity index (χ1) is 9.07. The van der Waals surface area contributed by atoms with Crippen molar-refractivity contribution in [2.24, 2.45) is 5.41 Å². The molecule has 0 aromatic heterocycles. The molecule has 19 heavy (non-hydrogen) atoms. The summed E-state index contributed by atoms with van der Waals surface area (Å²) >= 11 is 0. The quantitative estimate of drug-likeness (QED) is 0.602. The lowest BCUT2D eigenvalue weighted by atomic mass is 9.87. The van der Waals surface area contributed by atoms with Crippen LogP contribution in [0.5, 0.6) is 0 Å². The summed E-state index contributed by atoms with van der Waals surface area (Å²) in [5.74, 6) is 0.258. The van der Waals surface area contributed by atoms with E-state index in [0.717, 1.165) is 24.1 Å². The Morgan fingerprint density at radius 2 is 1.95 bits per heavy atom. The smallest absolute Gasteiger partial charge is 0.169 e. The summed E-state index contributed by atoms with van der Waals surface area (Å²) in [5, 5.41) is 0. The second kappa shape index (κ2) is 5.43. The van der Waals surface area contributed by atoms with Gasteiger partial charge in [-0.15, -0.1) is 0 Å². The van der Waals surface area contributed by atoms with E-state index in [4.69, 9.17) is 0 Å². The maximum atomic E-state index is 12.4. The van der Waals surface area contributed by atoms with Gasteiger partial charge in [-0.3, -0.25) is 4.79 Å². The van der Waals surface area contributed by atoms with E-state index in [1.54, 1.807) is 0 Å². The van der Waals surface area contributed by atoms with Crippen molar-refractivity contribution in [3.8, 4) is 0 Å². The topological polar surface area (TPSA) is 20.3 Å². The second-order valence-corrected chi connectivity index (χ2v) is 5.35. The zero-order valence-corrected chi connectivity index (χ0v) is 11.9. The van der Waals surface area contributed by atoms with Crippen molar-refractivity contribution < 1.29 is 4.79 Å². The predicted molar refractivity (Wildman–Crippen MR) is 80.1 cm³/mol. The number of para-hydroxylation sites is 1. The molecule has 1 fully saturated rings. The molecule has 0 N–H and O–H groups in total. The van der Waals surface area contributed by atoms with Crippen molar-refractivity contribution in [1.82, 2.24) is 0 Å². The van der Waals surface area contributed by atoms with Crippen LogP contribution >= 0.6 is 0 Å². The van der Waals surface area contributed by atoms with Gasteiger partial charge in [0.1, 0.15) is 0 Å². The molecule has 1 aromatic rings. The number of carbonyl (C=O) groups excluding carboxylic acids is 1. The molecule has 0 aliphatic heterocycles. The zero-order chi connectivity index (χ0) is 13.9. The molecule has 100 valence electrons. The van der Waals surface area contributed by atoms with Gasteiger partial charge < -0.3 is 4.90 Å². The normalized spacial score (nSPS) is 25.4. The van der Waals surface area contributed by atoms with E-state index in [1.807, 2.05) is 74.5 Å². The van der Waals surface area contributed by atoms with Gasteiger partial charge in [0.05, 0.1) is 0 Å². The number of hydrogen-bond acceptors (Lipinski definition) is 2. The van der Waals surface area contributed by atoms with Crippen LogP contribution in [-0.4, -0.2) is 12.8 Å². The molecular formula is C17H21NO. The SMILES string of the molecule is C/C=C\C1(C)CC/C(=C/N(C)c2ccccc2)C1=O.